The van der Waals surface area contributed by atoms with Gasteiger partial charge in [0.15, 0.2) is 0 Å². The lowest BCUT2D eigenvalue weighted by Gasteiger charge is -2.13. The van der Waals surface area contributed by atoms with Gasteiger partial charge in [-0.25, -0.2) is 4.98 Å². The zero-order valence-corrected chi connectivity index (χ0v) is 13.5. The van der Waals surface area contributed by atoms with Crippen molar-refractivity contribution in [1.29, 1.82) is 0 Å². The van der Waals surface area contributed by atoms with Gasteiger partial charge in [-0.2, -0.15) is 0 Å². The number of aromatic nitrogens is 2. The monoisotopic (exact) mass is 323 g/mol. The van der Waals surface area contributed by atoms with Gasteiger partial charge >= 0.3 is 0 Å². The fraction of sp³-hybridized carbons (Fsp3) is 0.333. The summed E-state index contributed by atoms with van der Waals surface area (Å²) in [6.45, 7) is 2.45. The number of hydrogen-bond acceptors (Lipinski definition) is 4. The Hall–Kier alpha value is -2.21. The number of methoxy groups -OCH3 is 2. The molecule has 0 aliphatic carbocycles. The summed E-state index contributed by atoms with van der Waals surface area (Å²) < 4.78 is 12.3. The van der Waals surface area contributed by atoms with E-state index >= 15 is 0 Å². The number of aryl methyl sites for hydroxylation is 2. The van der Waals surface area contributed by atoms with Gasteiger partial charge < -0.3 is 19.4 Å². The van der Waals surface area contributed by atoms with Crippen LogP contribution in [0.5, 0.6) is 11.5 Å². The summed E-state index contributed by atoms with van der Waals surface area (Å²) >= 11 is 6.03. The van der Waals surface area contributed by atoms with Crippen molar-refractivity contribution in [3.63, 3.8) is 0 Å². The van der Waals surface area contributed by atoms with Crippen LogP contribution in [0.25, 0.3) is 0 Å². The lowest BCUT2D eigenvalue weighted by atomic mass is 10.2. The SMILES string of the molecule is COc1cc(NC(=O)CCn2ccnc2C)c(OC)cc1Cl. The van der Waals surface area contributed by atoms with Crippen LogP contribution in [0.3, 0.4) is 0 Å². The van der Waals surface area contributed by atoms with Gasteiger partial charge in [-0.3, -0.25) is 4.79 Å². The molecule has 22 heavy (non-hydrogen) atoms. The van der Waals surface area contributed by atoms with Crippen molar-refractivity contribution in [2.24, 2.45) is 0 Å². The van der Waals surface area contributed by atoms with Crippen LogP contribution in [-0.2, 0) is 11.3 Å². The third kappa shape index (κ3) is 3.71. The molecule has 0 aliphatic rings. The van der Waals surface area contributed by atoms with Gasteiger partial charge in [-0.15, -0.1) is 0 Å². The highest BCUT2D eigenvalue weighted by molar-refractivity contribution is 6.32. The second kappa shape index (κ2) is 7.17. The minimum atomic E-state index is -0.129. The van der Waals surface area contributed by atoms with E-state index in [1.54, 1.807) is 18.3 Å². The Labute approximate surface area is 134 Å². The first-order valence-electron chi connectivity index (χ1n) is 6.74. The standard InChI is InChI=1S/C15H18ClN3O3/c1-10-17-5-7-19(10)6-4-15(20)18-12-9-13(21-2)11(16)8-14(12)22-3/h5,7-9H,4,6H2,1-3H3,(H,18,20). The maximum Gasteiger partial charge on any atom is 0.226 e. The predicted molar refractivity (Wildman–Crippen MR) is 84.8 cm³/mol. The Kier molecular flexibility index (Phi) is 5.27. The molecular weight excluding hydrogens is 306 g/mol. The van der Waals surface area contributed by atoms with Crippen LogP contribution in [0.2, 0.25) is 5.02 Å². The van der Waals surface area contributed by atoms with E-state index in [-0.39, 0.29) is 5.91 Å². The second-order valence-electron chi connectivity index (χ2n) is 4.65. The van der Waals surface area contributed by atoms with E-state index in [1.165, 1.54) is 14.2 Å². The van der Waals surface area contributed by atoms with Gasteiger partial charge in [0.1, 0.15) is 17.3 Å². The molecule has 1 heterocycles. The van der Waals surface area contributed by atoms with E-state index in [9.17, 15) is 4.79 Å². The number of ether oxygens (including phenoxy) is 2. The second-order valence-corrected chi connectivity index (χ2v) is 5.06. The number of nitrogens with zero attached hydrogens (tertiary/aromatic N) is 2. The Morgan fingerprint density at radius 3 is 2.64 bits per heavy atom. The maximum absolute atomic E-state index is 12.1. The molecule has 1 aromatic heterocycles. The zero-order chi connectivity index (χ0) is 16.1. The topological polar surface area (TPSA) is 65.4 Å². The van der Waals surface area contributed by atoms with Gasteiger partial charge in [0.25, 0.3) is 0 Å². The number of rotatable bonds is 6. The molecule has 1 aromatic carbocycles. The molecule has 0 saturated carbocycles. The van der Waals surface area contributed by atoms with Gasteiger partial charge in [-0.05, 0) is 6.92 Å². The smallest absolute Gasteiger partial charge is 0.226 e. The van der Waals surface area contributed by atoms with Crippen LogP contribution in [0.1, 0.15) is 12.2 Å². The summed E-state index contributed by atoms with van der Waals surface area (Å²) in [4.78, 5) is 16.2. The largest absolute Gasteiger partial charge is 0.495 e. The van der Waals surface area contributed by atoms with Gasteiger partial charge in [0.2, 0.25) is 5.91 Å². The van der Waals surface area contributed by atoms with Crippen molar-refractivity contribution >= 4 is 23.2 Å². The predicted octanol–water partition coefficient (Wildman–Crippen LogP) is 2.89. The lowest BCUT2D eigenvalue weighted by molar-refractivity contribution is -0.116. The fourth-order valence-electron chi connectivity index (χ4n) is 2.03. The van der Waals surface area contributed by atoms with Crippen LogP contribution in [0.15, 0.2) is 24.5 Å². The summed E-state index contributed by atoms with van der Waals surface area (Å²) in [5.41, 5.74) is 0.524. The summed E-state index contributed by atoms with van der Waals surface area (Å²) in [7, 11) is 3.03. The number of hydrogen-bond donors (Lipinski definition) is 1. The molecule has 1 amide bonds. The number of amides is 1. The first-order valence-corrected chi connectivity index (χ1v) is 7.12. The number of imidazole rings is 1. The van der Waals surface area contributed by atoms with Crippen molar-refractivity contribution in [3.05, 3.63) is 35.4 Å². The summed E-state index contributed by atoms with van der Waals surface area (Å²) in [5, 5.41) is 3.23. The van der Waals surface area contributed by atoms with E-state index in [0.717, 1.165) is 5.82 Å². The number of halogens is 1. The third-order valence-corrected chi connectivity index (χ3v) is 3.55. The molecule has 0 bridgehead atoms. The molecule has 0 aliphatic heterocycles. The average Bonchev–Trinajstić information content (AvgIpc) is 2.91. The van der Waals surface area contributed by atoms with Crippen molar-refractivity contribution in [3.8, 4) is 11.5 Å². The molecule has 0 saturated heterocycles. The third-order valence-electron chi connectivity index (χ3n) is 3.25. The van der Waals surface area contributed by atoms with Gasteiger partial charge in [0, 0.05) is 37.5 Å². The quantitative estimate of drug-likeness (QED) is 0.887. The Balaban J connectivity index is 2.06. The van der Waals surface area contributed by atoms with E-state index in [2.05, 4.69) is 10.3 Å². The summed E-state index contributed by atoms with van der Waals surface area (Å²) in [5.74, 6) is 1.70. The minimum Gasteiger partial charge on any atom is -0.495 e. The van der Waals surface area contributed by atoms with E-state index in [1.807, 2.05) is 17.7 Å². The molecule has 2 aromatic rings. The van der Waals surface area contributed by atoms with E-state index in [0.29, 0.717) is 35.2 Å². The number of nitrogens with one attached hydrogen (secondary N) is 1. The lowest BCUT2D eigenvalue weighted by Crippen LogP contribution is -2.15. The van der Waals surface area contributed by atoms with E-state index < -0.39 is 0 Å². The molecule has 0 unspecified atom stereocenters. The molecule has 0 fully saturated rings. The van der Waals surface area contributed by atoms with E-state index in [4.69, 9.17) is 21.1 Å². The van der Waals surface area contributed by atoms with Crippen LogP contribution in [-0.4, -0.2) is 29.7 Å². The highest BCUT2D eigenvalue weighted by Gasteiger charge is 2.12. The molecule has 7 heteroatoms. The molecule has 6 nitrogen and oxygen atoms in total. The maximum atomic E-state index is 12.1. The summed E-state index contributed by atoms with van der Waals surface area (Å²) in [6, 6.07) is 3.25. The Morgan fingerprint density at radius 1 is 1.32 bits per heavy atom. The van der Waals surface area contributed by atoms with Crippen LogP contribution >= 0.6 is 11.6 Å². The number of anilines is 1. The first kappa shape index (κ1) is 16.2. The summed E-state index contributed by atoms with van der Waals surface area (Å²) in [6.07, 6.45) is 3.88. The molecule has 1 N–H and O–H groups in total. The highest BCUT2D eigenvalue weighted by atomic mass is 35.5. The number of carbonyl (C=O) groups excluding carboxylic acids is 1. The van der Waals surface area contributed by atoms with Crippen molar-refractivity contribution in [2.75, 3.05) is 19.5 Å². The highest BCUT2D eigenvalue weighted by Crippen LogP contribution is 2.35. The van der Waals surface area contributed by atoms with Crippen molar-refractivity contribution in [2.45, 2.75) is 19.9 Å². The molecule has 2 rings (SSSR count). The van der Waals surface area contributed by atoms with Gasteiger partial charge in [-0.1, -0.05) is 11.6 Å². The first-order chi connectivity index (χ1) is 10.5. The van der Waals surface area contributed by atoms with Crippen molar-refractivity contribution in [1.82, 2.24) is 9.55 Å². The van der Waals surface area contributed by atoms with Crippen LogP contribution in [0, 0.1) is 6.92 Å². The number of carbonyl (C=O) groups is 1. The molecular formula is C15H18ClN3O3. The van der Waals surface area contributed by atoms with Crippen LogP contribution < -0.4 is 14.8 Å². The van der Waals surface area contributed by atoms with Crippen molar-refractivity contribution < 1.29 is 14.3 Å². The Morgan fingerprint density at radius 2 is 2.05 bits per heavy atom. The number of benzene rings is 1. The van der Waals surface area contributed by atoms with Gasteiger partial charge in [0.05, 0.1) is 24.9 Å². The fourth-order valence-corrected chi connectivity index (χ4v) is 2.26. The van der Waals surface area contributed by atoms with Crippen LogP contribution in [0.4, 0.5) is 5.69 Å². The minimum absolute atomic E-state index is 0.129. The normalized spacial score (nSPS) is 10.4. The molecule has 0 atom stereocenters. The average molecular weight is 324 g/mol. The zero-order valence-electron chi connectivity index (χ0n) is 12.7. The molecule has 118 valence electrons. The molecule has 0 radical (unpaired) electrons. The Bertz CT molecular complexity index is 670. The molecule has 0 spiro atoms.